The van der Waals surface area contributed by atoms with Crippen LogP contribution in [0.1, 0.15) is 33.6 Å². The van der Waals surface area contributed by atoms with Crippen LogP contribution < -0.4 is 20.1 Å². The Bertz CT molecular complexity index is 1190. The molecule has 0 radical (unpaired) electrons. The van der Waals surface area contributed by atoms with Crippen molar-refractivity contribution in [3.05, 3.63) is 47.5 Å². The van der Waals surface area contributed by atoms with Gasteiger partial charge in [-0.15, -0.1) is 0 Å². The van der Waals surface area contributed by atoms with Gasteiger partial charge in [-0.25, -0.2) is 4.79 Å². The second-order valence-corrected chi connectivity index (χ2v) is 8.20. The molecule has 0 fully saturated rings. The lowest BCUT2D eigenvalue weighted by Crippen LogP contribution is -2.39. The lowest BCUT2D eigenvalue weighted by molar-refractivity contribution is -0.179. The SMILES string of the molecule is COOc1cccc(C(=O)N(CCCN)CCCN(CC(=O)O)C(=O)c2cccc(OC(=O)OC)c2OC)c1O. The fourth-order valence-electron chi connectivity index (χ4n) is 3.76. The predicted molar refractivity (Wildman–Crippen MR) is 140 cm³/mol. The fourth-order valence-corrected chi connectivity index (χ4v) is 3.76. The molecule has 14 nitrogen and oxygen atoms in total. The standard InChI is InChI=1S/C26H33N3O11/c1-36-23-18(9-5-11-20(23)39-26(35)37-2)25(34)29(16-21(30)31)15-7-14-28(13-6-12-27)24(33)17-8-4-10-19(22(17)32)40-38-3/h4-5,8-11,32H,6-7,12-16,27H2,1-3H3,(H,30,31). The van der Waals surface area contributed by atoms with Gasteiger partial charge in [0.15, 0.2) is 17.2 Å². The summed E-state index contributed by atoms with van der Waals surface area (Å²) in [6, 6.07) is 8.58. The van der Waals surface area contributed by atoms with Gasteiger partial charge in [0, 0.05) is 19.6 Å². The highest BCUT2D eigenvalue weighted by Crippen LogP contribution is 2.33. The number of benzene rings is 2. The number of para-hydroxylation sites is 2. The highest BCUT2D eigenvalue weighted by atomic mass is 17.2. The largest absolute Gasteiger partial charge is 0.513 e. The van der Waals surface area contributed by atoms with Crippen molar-refractivity contribution >= 4 is 23.9 Å². The minimum absolute atomic E-state index is 0.0304. The zero-order valence-corrected chi connectivity index (χ0v) is 22.5. The van der Waals surface area contributed by atoms with Crippen LogP contribution in [-0.4, -0.2) is 98.0 Å². The zero-order chi connectivity index (χ0) is 29.7. The molecule has 2 aromatic rings. The van der Waals surface area contributed by atoms with Gasteiger partial charge >= 0.3 is 12.1 Å². The van der Waals surface area contributed by atoms with Crippen LogP contribution in [0, 0.1) is 0 Å². The van der Waals surface area contributed by atoms with Gasteiger partial charge in [-0.3, -0.25) is 14.4 Å². The number of phenols is 1. The number of hydrogen-bond donors (Lipinski definition) is 3. The molecule has 0 saturated heterocycles. The number of rotatable bonds is 15. The normalized spacial score (nSPS) is 10.4. The minimum atomic E-state index is -1.26. The number of phenolic OH excluding ortho intramolecular Hbond substituents is 1. The van der Waals surface area contributed by atoms with Crippen molar-refractivity contribution in [3.8, 4) is 23.0 Å². The molecule has 0 heterocycles. The molecule has 0 bridgehead atoms. The van der Waals surface area contributed by atoms with Crippen LogP contribution in [-0.2, 0) is 14.4 Å². The molecule has 218 valence electrons. The van der Waals surface area contributed by atoms with Gasteiger partial charge < -0.3 is 44.8 Å². The summed E-state index contributed by atoms with van der Waals surface area (Å²) in [6.45, 7) is -0.0347. The first-order chi connectivity index (χ1) is 19.2. The van der Waals surface area contributed by atoms with Gasteiger partial charge in [-0.2, -0.15) is 4.89 Å². The maximum absolute atomic E-state index is 13.4. The smallest absolute Gasteiger partial charge is 0.504 e. The van der Waals surface area contributed by atoms with Crippen molar-refractivity contribution in [2.45, 2.75) is 12.8 Å². The third-order valence-corrected chi connectivity index (χ3v) is 5.56. The van der Waals surface area contributed by atoms with E-state index in [4.69, 9.17) is 20.1 Å². The highest BCUT2D eigenvalue weighted by molar-refractivity contribution is 5.99. The molecule has 40 heavy (non-hydrogen) atoms. The molecule has 0 aliphatic rings. The number of amides is 2. The first kappa shape index (κ1) is 31.7. The number of methoxy groups -OCH3 is 2. The number of carboxylic acid groups (broad SMARTS) is 1. The average molecular weight is 564 g/mol. The lowest BCUT2D eigenvalue weighted by Gasteiger charge is -2.26. The summed E-state index contributed by atoms with van der Waals surface area (Å²) in [7, 11) is 3.63. The number of nitrogens with two attached hydrogens (primary N) is 1. The van der Waals surface area contributed by atoms with Gasteiger partial charge in [0.25, 0.3) is 11.8 Å². The number of carbonyl (C=O) groups is 4. The number of ether oxygens (including phenoxy) is 3. The molecule has 2 rings (SSSR count). The number of nitrogens with zero attached hydrogens (tertiary/aromatic N) is 2. The summed E-state index contributed by atoms with van der Waals surface area (Å²) >= 11 is 0. The van der Waals surface area contributed by atoms with Gasteiger partial charge in [0.2, 0.25) is 5.75 Å². The summed E-state index contributed by atoms with van der Waals surface area (Å²) in [5.41, 5.74) is 5.56. The Labute approximate surface area is 230 Å². The molecule has 0 spiro atoms. The summed E-state index contributed by atoms with van der Waals surface area (Å²) in [6.07, 6.45) is -0.383. The first-order valence-electron chi connectivity index (χ1n) is 12.1. The van der Waals surface area contributed by atoms with Crippen molar-refractivity contribution in [2.24, 2.45) is 5.73 Å². The van der Waals surface area contributed by atoms with Crippen molar-refractivity contribution in [1.29, 1.82) is 0 Å². The van der Waals surface area contributed by atoms with Crippen molar-refractivity contribution in [3.63, 3.8) is 0 Å². The summed E-state index contributed by atoms with van der Waals surface area (Å²) < 4.78 is 14.8. The molecule has 0 aliphatic carbocycles. The Balaban J connectivity index is 2.25. The van der Waals surface area contributed by atoms with E-state index in [2.05, 4.69) is 9.62 Å². The number of aliphatic carboxylic acids is 1. The molecule has 4 N–H and O–H groups in total. The second-order valence-electron chi connectivity index (χ2n) is 8.20. The Kier molecular flexibility index (Phi) is 12.5. The van der Waals surface area contributed by atoms with Crippen LogP contribution in [0.2, 0.25) is 0 Å². The number of hydrogen-bond acceptors (Lipinski definition) is 11. The van der Waals surface area contributed by atoms with E-state index in [9.17, 15) is 29.4 Å². The molecular formula is C26H33N3O11. The topological polar surface area (TPSA) is 187 Å². The van der Waals surface area contributed by atoms with Gasteiger partial charge in [-0.05, 0) is 43.7 Å². The van der Waals surface area contributed by atoms with Crippen LogP contribution in [0.25, 0.3) is 0 Å². The van der Waals surface area contributed by atoms with Gasteiger partial charge in [0.1, 0.15) is 6.54 Å². The average Bonchev–Trinajstić information content (AvgIpc) is 2.94. The molecule has 0 saturated carbocycles. The van der Waals surface area contributed by atoms with Crippen molar-refractivity contribution in [2.75, 3.05) is 54.1 Å². The fraction of sp³-hybridized carbons (Fsp3) is 0.385. The van der Waals surface area contributed by atoms with Gasteiger partial charge in [0.05, 0.1) is 32.5 Å². The third-order valence-electron chi connectivity index (χ3n) is 5.56. The molecular weight excluding hydrogens is 530 g/mol. The van der Waals surface area contributed by atoms with E-state index < -0.39 is 36.2 Å². The monoisotopic (exact) mass is 563 g/mol. The Hall–Kier alpha value is -4.56. The number of aromatic hydroxyl groups is 1. The van der Waals surface area contributed by atoms with E-state index >= 15 is 0 Å². The Morgan fingerprint density at radius 3 is 2.05 bits per heavy atom. The molecule has 2 amide bonds. The predicted octanol–water partition coefficient (Wildman–Crippen LogP) is 1.89. The molecule has 0 aromatic heterocycles. The van der Waals surface area contributed by atoms with E-state index in [1.807, 2.05) is 0 Å². The second kappa shape index (κ2) is 15.8. The van der Waals surface area contributed by atoms with Crippen LogP contribution in [0.15, 0.2) is 36.4 Å². The summed E-state index contributed by atoms with van der Waals surface area (Å²) in [5.74, 6) is -3.09. The van der Waals surface area contributed by atoms with Crippen LogP contribution in [0.5, 0.6) is 23.0 Å². The molecule has 14 heteroatoms. The van der Waals surface area contributed by atoms with Crippen molar-refractivity contribution in [1.82, 2.24) is 9.80 Å². The Morgan fingerprint density at radius 1 is 0.850 bits per heavy atom. The number of carbonyl (C=O) groups excluding carboxylic acids is 3. The maximum atomic E-state index is 13.4. The van der Waals surface area contributed by atoms with Gasteiger partial charge in [-0.1, -0.05) is 12.1 Å². The summed E-state index contributed by atoms with van der Waals surface area (Å²) in [4.78, 5) is 61.7. The molecule has 0 unspecified atom stereocenters. The van der Waals surface area contributed by atoms with Crippen molar-refractivity contribution < 1.29 is 53.4 Å². The van der Waals surface area contributed by atoms with E-state index in [0.29, 0.717) is 13.0 Å². The maximum Gasteiger partial charge on any atom is 0.513 e. The highest BCUT2D eigenvalue weighted by Gasteiger charge is 2.26. The third kappa shape index (κ3) is 8.47. The molecule has 2 aromatic carbocycles. The quantitative estimate of drug-likeness (QED) is 0.124. The number of carboxylic acids is 1. The van der Waals surface area contributed by atoms with E-state index in [1.54, 1.807) is 0 Å². The van der Waals surface area contributed by atoms with Crippen LogP contribution in [0.3, 0.4) is 0 Å². The van der Waals surface area contributed by atoms with E-state index in [1.165, 1.54) is 55.5 Å². The molecule has 0 atom stereocenters. The van der Waals surface area contributed by atoms with Crippen LogP contribution >= 0.6 is 0 Å². The van der Waals surface area contributed by atoms with E-state index in [0.717, 1.165) is 12.0 Å². The Morgan fingerprint density at radius 2 is 1.45 bits per heavy atom. The summed E-state index contributed by atoms with van der Waals surface area (Å²) in [5, 5.41) is 19.9. The minimum Gasteiger partial charge on any atom is -0.504 e. The van der Waals surface area contributed by atoms with E-state index in [-0.39, 0.29) is 54.4 Å². The zero-order valence-electron chi connectivity index (χ0n) is 22.5. The first-order valence-corrected chi connectivity index (χ1v) is 12.1. The molecule has 0 aliphatic heterocycles. The van der Waals surface area contributed by atoms with Crippen LogP contribution in [0.4, 0.5) is 4.79 Å². The lowest BCUT2D eigenvalue weighted by atomic mass is 10.1.